The maximum Gasteiger partial charge on any atom is 0.310 e. The van der Waals surface area contributed by atoms with Gasteiger partial charge in [-0.1, -0.05) is 6.42 Å². The number of hydrogen-bond acceptors (Lipinski definition) is 4. The van der Waals surface area contributed by atoms with Crippen molar-refractivity contribution in [1.29, 1.82) is 0 Å². The second-order valence-electron chi connectivity index (χ2n) is 5.15. The zero-order chi connectivity index (χ0) is 14.3. The first-order valence-corrected chi connectivity index (χ1v) is 8.38. The fourth-order valence-electron chi connectivity index (χ4n) is 2.41. The van der Waals surface area contributed by atoms with Crippen LogP contribution in [0.4, 0.5) is 0 Å². The summed E-state index contributed by atoms with van der Waals surface area (Å²) in [4.78, 5) is 12.2. The molecule has 1 aromatic rings. The van der Waals surface area contributed by atoms with E-state index in [1.807, 2.05) is 6.92 Å². The lowest BCUT2D eigenvalue weighted by atomic mass is 9.85. The standard InChI is InChI=1S/C12H17NO4S2/c1-8-5-6-10(18-8)19(16,17)13-9-4-3-7-12(9,2)11(14)15/h5-6,9,13H,3-4,7H2,1-2H3,(H,14,15). The molecule has 1 fully saturated rings. The van der Waals surface area contributed by atoms with Crippen molar-refractivity contribution in [3.8, 4) is 0 Å². The summed E-state index contributed by atoms with van der Waals surface area (Å²) in [7, 11) is -3.62. The van der Waals surface area contributed by atoms with Crippen LogP contribution in [0.5, 0.6) is 0 Å². The van der Waals surface area contributed by atoms with Crippen molar-refractivity contribution < 1.29 is 18.3 Å². The lowest BCUT2D eigenvalue weighted by Gasteiger charge is -2.27. The third-order valence-corrected chi connectivity index (χ3v) is 6.69. The summed E-state index contributed by atoms with van der Waals surface area (Å²) < 4.78 is 27.2. The van der Waals surface area contributed by atoms with E-state index < -0.39 is 27.4 Å². The molecule has 1 aromatic heterocycles. The number of rotatable bonds is 4. The molecule has 0 spiro atoms. The molecule has 1 heterocycles. The molecule has 2 unspecified atom stereocenters. The number of aliphatic carboxylic acids is 1. The molecule has 106 valence electrons. The van der Waals surface area contributed by atoms with E-state index in [2.05, 4.69) is 4.72 Å². The van der Waals surface area contributed by atoms with Crippen molar-refractivity contribution >= 4 is 27.3 Å². The second kappa shape index (κ2) is 4.88. The van der Waals surface area contributed by atoms with E-state index in [4.69, 9.17) is 0 Å². The average molecular weight is 303 g/mol. The van der Waals surface area contributed by atoms with Crippen LogP contribution in [0.1, 0.15) is 31.1 Å². The number of carboxylic acids is 1. The quantitative estimate of drug-likeness (QED) is 0.891. The molecule has 1 saturated carbocycles. The third kappa shape index (κ3) is 2.68. The first-order valence-electron chi connectivity index (χ1n) is 6.08. The largest absolute Gasteiger partial charge is 0.481 e. The average Bonchev–Trinajstić information content (AvgIpc) is 2.87. The molecule has 1 aliphatic carbocycles. The zero-order valence-corrected chi connectivity index (χ0v) is 12.5. The highest BCUT2D eigenvalue weighted by molar-refractivity contribution is 7.91. The number of aryl methyl sites for hydroxylation is 1. The van der Waals surface area contributed by atoms with Gasteiger partial charge in [0, 0.05) is 10.9 Å². The van der Waals surface area contributed by atoms with Gasteiger partial charge in [0.2, 0.25) is 10.0 Å². The van der Waals surface area contributed by atoms with E-state index in [0.29, 0.717) is 12.8 Å². The maximum absolute atomic E-state index is 12.2. The van der Waals surface area contributed by atoms with Crippen molar-refractivity contribution in [2.24, 2.45) is 5.41 Å². The molecule has 19 heavy (non-hydrogen) atoms. The Balaban J connectivity index is 2.23. The summed E-state index contributed by atoms with van der Waals surface area (Å²) in [5.74, 6) is -0.944. The minimum Gasteiger partial charge on any atom is -0.481 e. The van der Waals surface area contributed by atoms with Crippen LogP contribution in [-0.2, 0) is 14.8 Å². The molecule has 0 saturated heterocycles. The first-order chi connectivity index (χ1) is 8.75. The van der Waals surface area contributed by atoms with E-state index in [0.717, 1.165) is 11.3 Å². The van der Waals surface area contributed by atoms with Crippen molar-refractivity contribution in [3.63, 3.8) is 0 Å². The molecule has 0 bridgehead atoms. The van der Waals surface area contributed by atoms with Gasteiger partial charge in [-0.25, -0.2) is 13.1 Å². The van der Waals surface area contributed by atoms with Gasteiger partial charge in [0.1, 0.15) is 4.21 Å². The lowest BCUT2D eigenvalue weighted by Crippen LogP contribution is -2.46. The normalized spacial score (nSPS) is 27.6. The lowest BCUT2D eigenvalue weighted by molar-refractivity contribution is -0.148. The topological polar surface area (TPSA) is 83.5 Å². The summed E-state index contributed by atoms with van der Waals surface area (Å²) in [6.07, 6.45) is 1.78. The van der Waals surface area contributed by atoms with Gasteiger partial charge in [0.05, 0.1) is 5.41 Å². The van der Waals surface area contributed by atoms with E-state index in [9.17, 15) is 18.3 Å². The Bertz CT molecular complexity index is 593. The van der Waals surface area contributed by atoms with Crippen molar-refractivity contribution in [3.05, 3.63) is 17.0 Å². The Morgan fingerprint density at radius 1 is 1.53 bits per heavy atom. The van der Waals surface area contributed by atoms with Crippen LogP contribution in [-0.4, -0.2) is 25.5 Å². The molecule has 0 aromatic carbocycles. The molecule has 7 heteroatoms. The van der Waals surface area contributed by atoms with E-state index in [1.165, 1.54) is 11.3 Å². The van der Waals surface area contributed by atoms with Crippen molar-refractivity contribution in [2.75, 3.05) is 0 Å². The number of nitrogens with one attached hydrogen (secondary N) is 1. The van der Waals surface area contributed by atoms with E-state index in [-0.39, 0.29) is 4.21 Å². The van der Waals surface area contributed by atoms with Crippen LogP contribution in [0.2, 0.25) is 0 Å². The highest BCUT2D eigenvalue weighted by atomic mass is 32.2. The SMILES string of the molecule is Cc1ccc(S(=O)(=O)NC2CCCC2(C)C(=O)O)s1. The predicted octanol–water partition coefficient (Wildman–Crippen LogP) is 1.98. The summed E-state index contributed by atoms with van der Waals surface area (Å²) in [5.41, 5.74) is -1.01. The minimum atomic E-state index is -3.62. The molecule has 0 aliphatic heterocycles. The van der Waals surface area contributed by atoms with Gasteiger partial charge < -0.3 is 5.11 Å². The summed E-state index contributed by atoms with van der Waals surface area (Å²) in [5, 5.41) is 9.28. The highest BCUT2D eigenvalue weighted by Gasteiger charge is 2.47. The van der Waals surface area contributed by atoms with Gasteiger partial charge in [-0.3, -0.25) is 4.79 Å². The Hall–Kier alpha value is -0.920. The van der Waals surface area contributed by atoms with Crippen LogP contribution >= 0.6 is 11.3 Å². The molecule has 2 rings (SSSR count). The Morgan fingerprint density at radius 3 is 2.74 bits per heavy atom. The van der Waals surface area contributed by atoms with Crippen molar-refractivity contribution in [1.82, 2.24) is 4.72 Å². The molecular weight excluding hydrogens is 286 g/mol. The molecule has 5 nitrogen and oxygen atoms in total. The van der Waals surface area contributed by atoms with Gasteiger partial charge in [-0.15, -0.1) is 11.3 Å². The van der Waals surface area contributed by atoms with Crippen LogP contribution < -0.4 is 4.72 Å². The van der Waals surface area contributed by atoms with Crippen LogP contribution in [0, 0.1) is 12.3 Å². The van der Waals surface area contributed by atoms with Gasteiger partial charge in [0.25, 0.3) is 0 Å². The molecule has 2 N–H and O–H groups in total. The number of sulfonamides is 1. The Morgan fingerprint density at radius 2 is 2.21 bits per heavy atom. The number of carbonyl (C=O) groups is 1. The predicted molar refractivity (Wildman–Crippen MR) is 72.8 cm³/mol. The van der Waals surface area contributed by atoms with Crippen LogP contribution in [0.15, 0.2) is 16.3 Å². The molecule has 0 radical (unpaired) electrons. The van der Waals surface area contributed by atoms with E-state index in [1.54, 1.807) is 19.1 Å². The number of thiophene rings is 1. The van der Waals surface area contributed by atoms with Gasteiger partial charge in [-0.05, 0) is 38.8 Å². The fraction of sp³-hybridized carbons (Fsp3) is 0.583. The maximum atomic E-state index is 12.2. The first kappa shape index (κ1) is 14.5. The van der Waals surface area contributed by atoms with Crippen LogP contribution in [0.25, 0.3) is 0 Å². The van der Waals surface area contributed by atoms with E-state index >= 15 is 0 Å². The second-order valence-corrected chi connectivity index (χ2v) is 8.38. The van der Waals surface area contributed by atoms with Gasteiger partial charge in [-0.2, -0.15) is 0 Å². The molecular formula is C12H17NO4S2. The van der Waals surface area contributed by atoms with Gasteiger partial charge in [0.15, 0.2) is 0 Å². The molecule has 0 amide bonds. The third-order valence-electron chi connectivity index (χ3n) is 3.72. The summed E-state index contributed by atoms with van der Waals surface area (Å²) in [6, 6.07) is 2.75. The Kier molecular flexibility index (Phi) is 3.72. The highest BCUT2D eigenvalue weighted by Crippen LogP contribution is 2.39. The Labute approximate surface area is 116 Å². The number of hydrogen-bond donors (Lipinski definition) is 2. The minimum absolute atomic E-state index is 0.240. The monoisotopic (exact) mass is 303 g/mol. The fourth-order valence-corrected chi connectivity index (χ4v) is 5.10. The zero-order valence-electron chi connectivity index (χ0n) is 10.8. The molecule has 1 aliphatic rings. The summed E-state index contributed by atoms with van der Waals surface area (Å²) >= 11 is 1.19. The summed E-state index contributed by atoms with van der Waals surface area (Å²) in [6.45, 7) is 3.44. The number of carboxylic acid groups (broad SMARTS) is 1. The van der Waals surface area contributed by atoms with Crippen LogP contribution in [0.3, 0.4) is 0 Å². The van der Waals surface area contributed by atoms with Gasteiger partial charge >= 0.3 is 5.97 Å². The van der Waals surface area contributed by atoms with Crippen molar-refractivity contribution in [2.45, 2.75) is 43.4 Å². The smallest absolute Gasteiger partial charge is 0.310 e. The molecule has 2 atom stereocenters.